The smallest absolute Gasteiger partial charge is 0.308 e. The van der Waals surface area contributed by atoms with Crippen LogP contribution >= 0.6 is 11.3 Å². The van der Waals surface area contributed by atoms with Crippen molar-refractivity contribution in [2.45, 2.75) is 6.54 Å². The van der Waals surface area contributed by atoms with Gasteiger partial charge in [0.15, 0.2) is 0 Å². The Hall–Kier alpha value is -1.81. The molecule has 0 unspecified atom stereocenters. The summed E-state index contributed by atoms with van der Waals surface area (Å²) < 4.78 is 2.87. The third kappa shape index (κ3) is 1.91. The molecule has 0 aliphatic carbocycles. The van der Waals surface area contributed by atoms with Crippen molar-refractivity contribution in [3.63, 3.8) is 0 Å². The summed E-state index contributed by atoms with van der Waals surface area (Å²) in [4.78, 5) is 12.0. The Morgan fingerprint density at radius 3 is 3.06 bits per heavy atom. The maximum Gasteiger partial charge on any atom is 0.308 e. The summed E-state index contributed by atoms with van der Waals surface area (Å²) in [5.74, 6) is 0. The third-order valence-corrected chi connectivity index (χ3v) is 3.73. The van der Waals surface area contributed by atoms with Crippen molar-refractivity contribution >= 4 is 21.6 Å². The van der Waals surface area contributed by atoms with E-state index in [1.54, 1.807) is 0 Å². The molecule has 1 aliphatic rings. The predicted octanol–water partition coefficient (Wildman–Crippen LogP) is 2.11. The molecule has 2 aromatic rings. The Labute approximate surface area is 103 Å². The Morgan fingerprint density at radius 2 is 2.24 bits per heavy atom. The van der Waals surface area contributed by atoms with Gasteiger partial charge in [-0.25, -0.2) is 0 Å². The minimum atomic E-state index is 0.103. The first kappa shape index (κ1) is 10.4. The van der Waals surface area contributed by atoms with Crippen molar-refractivity contribution < 1.29 is 0 Å². The highest BCUT2D eigenvalue weighted by atomic mass is 32.1. The van der Waals surface area contributed by atoms with Gasteiger partial charge in [-0.3, -0.25) is 9.36 Å². The number of hydrogen-bond acceptors (Lipinski definition) is 3. The fraction of sp³-hybridized carbons (Fsp3) is 0.154. The van der Waals surface area contributed by atoms with E-state index in [2.05, 4.69) is 17.5 Å². The predicted molar refractivity (Wildman–Crippen MR) is 71.3 cm³/mol. The molecule has 0 radical (unpaired) electrons. The van der Waals surface area contributed by atoms with Gasteiger partial charge in [-0.2, -0.15) is 0 Å². The third-order valence-electron chi connectivity index (χ3n) is 2.77. The maximum atomic E-state index is 11.9. The number of fused-ring (bicyclic) bond motifs is 1. The molecule has 1 N–H and O–H groups in total. The molecule has 0 atom stereocenters. The van der Waals surface area contributed by atoms with Crippen LogP contribution in [0.3, 0.4) is 0 Å². The molecule has 86 valence electrons. The summed E-state index contributed by atoms with van der Waals surface area (Å²) in [6, 6.07) is 7.91. The second kappa shape index (κ2) is 4.22. The zero-order valence-corrected chi connectivity index (χ0v) is 10.0. The number of nitrogens with one attached hydrogen (secondary N) is 1. The number of allylic oxidation sites excluding steroid dienone is 2. The van der Waals surface area contributed by atoms with Crippen molar-refractivity contribution in [1.82, 2.24) is 9.88 Å². The second-order valence-electron chi connectivity index (χ2n) is 3.95. The fourth-order valence-electron chi connectivity index (χ4n) is 1.96. The summed E-state index contributed by atoms with van der Waals surface area (Å²) in [5, 5.41) is 3.15. The van der Waals surface area contributed by atoms with Crippen LogP contribution in [-0.2, 0) is 6.54 Å². The molecule has 0 saturated heterocycles. The average molecular weight is 244 g/mol. The molecule has 1 aliphatic heterocycles. The van der Waals surface area contributed by atoms with Gasteiger partial charge in [-0.05, 0) is 17.7 Å². The van der Waals surface area contributed by atoms with Gasteiger partial charge in [-0.15, -0.1) is 0 Å². The minimum absolute atomic E-state index is 0.103. The second-order valence-corrected chi connectivity index (χ2v) is 4.94. The lowest BCUT2D eigenvalue weighted by Gasteiger charge is -2.09. The van der Waals surface area contributed by atoms with E-state index in [0.717, 1.165) is 22.3 Å². The highest BCUT2D eigenvalue weighted by Crippen LogP contribution is 2.17. The number of aromatic nitrogens is 1. The molecule has 0 spiro atoms. The standard InChI is InChI=1S/C13H12N2OS/c16-13-15(9-10-4-3-7-14-8-10)11-5-1-2-6-12(11)17-13/h1-6,8,14H,7,9H2. The normalized spacial score (nSPS) is 14.7. The molecule has 0 amide bonds. The molecule has 17 heavy (non-hydrogen) atoms. The summed E-state index contributed by atoms with van der Waals surface area (Å²) >= 11 is 1.30. The number of para-hydroxylation sites is 1. The quantitative estimate of drug-likeness (QED) is 0.878. The zero-order chi connectivity index (χ0) is 11.7. The molecule has 0 fully saturated rings. The van der Waals surface area contributed by atoms with Gasteiger partial charge in [0, 0.05) is 12.7 Å². The summed E-state index contributed by atoms with van der Waals surface area (Å²) in [7, 11) is 0. The lowest BCUT2D eigenvalue weighted by atomic mass is 10.2. The van der Waals surface area contributed by atoms with Gasteiger partial charge in [-0.1, -0.05) is 35.6 Å². The van der Waals surface area contributed by atoms with E-state index in [9.17, 15) is 4.79 Å². The van der Waals surface area contributed by atoms with Crippen molar-refractivity contribution in [3.05, 3.63) is 57.9 Å². The van der Waals surface area contributed by atoms with E-state index in [1.807, 2.05) is 35.0 Å². The van der Waals surface area contributed by atoms with E-state index in [0.29, 0.717) is 6.54 Å². The zero-order valence-electron chi connectivity index (χ0n) is 9.22. The molecule has 3 nitrogen and oxygen atoms in total. The Balaban J connectivity index is 2.05. The van der Waals surface area contributed by atoms with Crippen LogP contribution in [0, 0.1) is 0 Å². The van der Waals surface area contributed by atoms with Crippen LogP contribution in [0.2, 0.25) is 0 Å². The summed E-state index contributed by atoms with van der Waals surface area (Å²) in [6.45, 7) is 1.50. The SMILES string of the molecule is O=c1sc2ccccc2n1CC1=CNCC=C1. The van der Waals surface area contributed by atoms with Crippen molar-refractivity contribution in [2.75, 3.05) is 6.54 Å². The summed E-state index contributed by atoms with van der Waals surface area (Å²) in [5.41, 5.74) is 2.14. The monoisotopic (exact) mass is 244 g/mol. The first-order chi connectivity index (χ1) is 8.34. The van der Waals surface area contributed by atoms with Gasteiger partial charge in [0.25, 0.3) is 0 Å². The first-order valence-electron chi connectivity index (χ1n) is 5.52. The van der Waals surface area contributed by atoms with Crippen molar-refractivity contribution in [3.8, 4) is 0 Å². The van der Waals surface area contributed by atoms with Gasteiger partial charge in [0.1, 0.15) is 0 Å². The van der Waals surface area contributed by atoms with Gasteiger partial charge < -0.3 is 5.32 Å². The molecule has 1 aromatic heterocycles. The Kier molecular flexibility index (Phi) is 2.57. The van der Waals surface area contributed by atoms with Crippen LogP contribution in [0.5, 0.6) is 0 Å². The largest absolute Gasteiger partial charge is 0.387 e. The van der Waals surface area contributed by atoms with E-state index >= 15 is 0 Å². The topological polar surface area (TPSA) is 34.0 Å². The highest BCUT2D eigenvalue weighted by molar-refractivity contribution is 7.16. The van der Waals surface area contributed by atoms with E-state index in [4.69, 9.17) is 0 Å². The van der Waals surface area contributed by atoms with Crippen LogP contribution in [0.15, 0.2) is 53.0 Å². The van der Waals surface area contributed by atoms with Gasteiger partial charge in [0.2, 0.25) is 0 Å². The van der Waals surface area contributed by atoms with Crippen LogP contribution in [0.1, 0.15) is 0 Å². The van der Waals surface area contributed by atoms with E-state index < -0.39 is 0 Å². The Morgan fingerprint density at radius 1 is 1.35 bits per heavy atom. The molecule has 4 heteroatoms. The molecular formula is C13H12N2OS. The van der Waals surface area contributed by atoms with Crippen molar-refractivity contribution in [1.29, 1.82) is 0 Å². The van der Waals surface area contributed by atoms with Crippen LogP contribution < -0.4 is 10.2 Å². The van der Waals surface area contributed by atoms with E-state index in [1.165, 1.54) is 11.3 Å². The first-order valence-corrected chi connectivity index (χ1v) is 6.33. The molecule has 0 bridgehead atoms. The molecule has 0 saturated carbocycles. The number of benzene rings is 1. The lowest BCUT2D eigenvalue weighted by molar-refractivity contribution is 0.794. The van der Waals surface area contributed by atoms with Crippen LogP contribution in [0.4, 0.5) is 0 Å². The highest BCUT2D eigenvalue weighted by Gasteiger charge is 2.08. The van der Waals surface area contributed by atoms with Crippen LogP contribution in [0.25, 0.3) is 10.2 Å². The summed E-state index contributed by atoms with van der Waals surface area (Å²) in [6.07, 6.45) is 6.10. The Bertz CT molecular complexity index is 663. The van der Waals surface area contributed by atoms with Crippen LogP contribution in [-0.4, -0.2) is 11.1 Å². The average Bonchev–Trinajstić information content (AvgIpc) is 2.68. The fourth-order valence-corrected chi connectivity index (χ4v) is 2.85. The number of hydrogen-bond donors (Lipinski definition) is 1. The van der Waals surface area contributed by atoms with Crippen molar-refractivity contribution in [2.24, 2.45) is 0 Å². The number of nitrogens with zero attached hydrogens (tertiary/aromatic N) is 1. The molecule has 1 aromatic carbocycles. The molecule has 3 rings (SSSR count). The molecule has 2 heterocycles. The lowest BCUT2D eigenvalue weighted by Crippen LogP contribution is -2.17. The number of thiazole rings is 1. The maximum absolute atomic E-state index is 11.9. The van der Waals surface area contributed by atoms with Gasteiger partial charge in [0.05, 0.1) is 16.8 Å². The number of dihydropyridines is 1. The molecular weight excluding hydrogens is 232 g/mol. The number of rotatable bonds is 2. The van der Waals surface area contributed by atoms with Gasteiger partial charge >= 0.3 is 4.87 Å². The van der Waals surface area contributed by atoms with E-state index in [-0.39, 0.29) is 4.87 Å². The minimum Gasteiger partial charge on any atom is -0.387 e.